The van der Waals surface area contributed by atoms with E-state index in [2.05, 4.69) is 41.8 Å². The number of nitrogens with two attached hydrogens (primary N) is 1. The molecule has 0 radical (unpaired) electrons. The molecule has 24 heavy (non-hydrogen) atoms. The molecule has 3 amide bonds. The van der Waals surface area contributed by atoms with Crippen LogP contribution in [0.3, 0.4) is 0 Å². The first kappa shape index (κ1) is 17.9. The summed E-state index contributed by atoms with van der Waals surface area (Å²) >= 11 is 0. The molecule has 0 unspecified atom stereocenters. The third-order valence-corrected chi connectivity index (χ3v) is 3.71. The van der Waals surface area contributed by atoms with Gasteiger partial charge in [0, 0.05) is 11.1 Å². The highest BCUT2D eigenvalue weighted by molar-refractivity contribution is 5.95. The van der Waals surface area contributed by atoms with Gasteiger partial charge in [0.2, 0.25) is 0 Å². The van der Waals surface area contributed by atoms with Crippen LogP contribution in [0.1, 0.15) is 39.3 Å². The van der Waals surface area contributed by atoms with Crippen molar-refractivity contribution in [2.75, 3.05) is 6.54 Å². The number of quaternary nitrogens is 1. The lowest BCUT2D eigenvalue weighted by molar-refractivity contribution is -0.682. The molecule has 5 nitrogen and oxygen atoms in total. The van der Waals surface area contributed by atoms with Crippen LogP contribution in [0.5, 0.6) is 0 Å². The van der Waals surface area contributed by atoms with Crippen LogP contribution in [0.25, 0.3) is 10.8 Å². The number of amides is 3. The first-order chi connectivity index (χ1) is 11.3. The van der Waals surface area contributed by atoms with E-state index in [9.17, 15) is 9.59 Å². The highest BCUT2D eigenvalue weighted by Gasteiger charge is 2.18. The Kier molecular flexibility index (Phi) is 5.57. The first-order valence-corrected chi connectivity index (χ1v) is 8.19. The Balaban J connectivity index is 1.94. The van der Waals surface area contributed by atoms with Gasteiger partial charge in [-0.2, -0.15) is 0 Å². The van der Waals surface area contributed by atoms with Crippen LogP contribution in [-0.4, -0.2) is 24.0 Å². The summed E-state index contributed by atoms with van der Waals surface area (Å²) < 4.78 is 0. The van der Waals surface area contributed by atoms with Crippen molar-refractivity contribution in [2.24, 2.45) is 0 Å². The number of hydrogen-bond acceptors (Lipinski definition) is 2. The minimum absolute atomic E-state index is 0.118. The zero-order valence-electron chi connectivity index (χ0n) is 14.7. The highest BCUT2D eigenvalue weighted by Crippen LogP contribution is 2.21. The van der Waals surface area contributed by atoms with Crippen LogP contribution in [0, 0.1) is 0 Å². The van der Waals surface area contributed by atoms with Crippen LogP contribution in [-0.2, 0) is 4.79 Å². The van der Waals surface area contributed by atoms with Gasteiger partial charge in [0.15, 0.2) is 6.54 Å². The molecule has 1 atom stereocenters. The fourth-order valence-electron chi connectivity index (χ4n) is 2.61. The molecule has 0 aliphatic heterocycles. The average Bonchev–Trinajstić information content (AvgIpc) is 2.50. The maximum Gasteiger partial charge on any atom is 0.322 e. The summed E-state index contributed by atoms with van der Waals surface area (Å²) in [6.07, 6.45) is 0. The van der Waals surface area contributed by atoms with Crippen LogP contribution in [0.2, 0.25) is 0 Å². The van der Waals surface area contributed by atoms with Gasteiger partial charge in [-0.05, 0) is 38.5 Å². The summed E-state index contributed by atoms with van der Waals surface area (Å²) in [4.78, 5) is 23.6. The average molecular weight is 328 g/mol. The van der Waals surface area contributed by atoms with E-state index in [1.54, 1.807) is 0 Å². The second kappa shape index (κ2) is 7.45. The Labute approximate surface area is 142 Å². The molecular weight excluding hydrogens is 302 g/mol. The third kappa shape index (κ3) is 5.06. The summed E-state index contributed by atoms with van der Waals surface area (Å²) in [5.74, 6) is -0.302. The summed E-state index contributed by atoms with van der Waals surface area (Å²) in [7, 11) is 0. The largest absolute Gasteiger partial charge is 0.333 e. The zero-order valence-corrected chi connectivity index (χ0v) is 14.7. The Bertz CT molecular complexity index is 729. The van der Waals surface area contributed by atoms with Crippen molar-refractivity contribution in [3.05, 3.63) is 48.0 Å². The lowest BCUT2D eigenvalue weighted by atomic mass is 10.00. The topological polar surface area (TPSA) is 74.8 Å². The summed E-state index contributed by atoms with van der Waals surface area (Å²) in [5, 5.41) is 9.38. The molecule has 2 rings (SSSR count). The number of rotatable bonds is 4. The normalized spacial score (nSPS) is 12.7. The Morgan fingerprint density at radius 1 is 1.08 bits per heavy atom. The van der Waals surface area contributed by atoms with Gasteiger partial charge in [-0.3, -0.25) is 10.1 Å². The number of carbonyl (C=O) groups excluding carboxylic acids is 2. The minimum Gasteiger partial charge on any atom is -0.333 e. The summed E-state index contributed by atoms with van der Waals surface area (Å²) in [6, 6.07) is 14.0. The van der Waals surface area contributed by atoms with E-state index in [0.717, 1.165) is 0 Å². The SMILES string of the molecule is C[C@H]([NH2+]CC(=O)NC(=O)NC(C)(C)C)c1cccc2ccccc12. The van der Waals surface area contributed by atoms with Gasteiger partial charge in [-0.25, -0.2) is 4.79 Å². The molecule has 2 aromatic rings. The maximum absolute atomic E-state index is 11.9. The van der Waals surface area contributed by atoms with E-state index in [0.29, 0.717) is 0 Å². The number of benzene rings is 2. The van der Waals surface area contributed by atoms with Crippen LogP contribution in [0.4, 0.5) is 4.79 Å². The van der Waals surface area contributed by atoms with Crippen molar-refractivity contribution < 1.29 is 14.9 Å². The molecule has 0 aromatic heterocycles. The number of nitrogens with one attached hydrogen (secondary N) is 2. The molecule has 0 aliphatic rings. The molecule has 128 valence electrons. The van der Waals surface area contributed by atoms with E-state index in [4.69, 9.17) is 0 Å². The molecule has 0 saturated heterocycles. The van der Waals surface area contributed by atoms with Gasteiger partial charge < -0.3 is 10.6 Å². The van der Waals surface area contributed by atoms with Gasteiger partial charge in [0.05, 0.1) is 0 Å². The Morgan fingerprint density at radius 3 is 2.46 bits per heavy atom. The van der Waals surface area contributed by atoms with Crippen molar-refractivity contribution in [3.8, 4) is 0 Å². The lowest BCUT2D eigenvalue weighted by Gasteiger charge is -2.20. The molecule has 5 heteroatoms. The van der Waals surface area contributed by atoms with Crippen molar-refractivity contribution in [2.45, 2.75) is 39.3 Å². The van der Waals surface area contributed by atoms with Crippen molar-refractivity contribution in [3.63, 3.8) is 0 Å². The van der Waals surface area contributed by atoms with E-state index >= 15 is 0 Å². The second-order valence-corrected chi connectivity index (χ2v) is 7.05. The third-order valence-electron chi connectivity index (χ3n) is 3.71. The second-order valence-electron chi connectivity index (χ2n) is 7.05. The molecule has 4 N–H and O–H groups in total. The number of imide groups is 1. The molecule has 0 bridgehead atoms. The predicted octanol–water partition coefficient (Wildman–Crippen LogP) is 2.09. The van der Waals surface area contributed by atoms with Crippen LogP contribution < -0.4 is 16.0 Å². The summed E-state index contributed by atoms with van der Waals surface area (Å²) in [5.41, 5.74) is 0.810. The monoisotopic (exact) mass is 328 g/mol. The van der Waals surface area contributed by atoms with Gasteiger partial charge in [0.25, 0.3) is 5.91 Å². The summed E-state index contributed by atoms with van der Waals surface area (Å²) in [6.45, 7) is 7.86. The van der Waals surface area contributed by atoms with Crippen molar-refractivity contribution in [1.29, 1.82) is 0 Å². The quantitative estimate of drug-likeness (QED) is 0.804. The molecule has 0 heterocycles. The fourth-order valence-corrected chi connectivity index (χ4v) is 2.61. The molecular formula is C19H26N3O2+. The number of carbonyl (C=O) groups is 2. The molecule has 0 fully saturated rings. The molecule has 0 saturated carbocycles. The fraction of sp³-hybridized carbons (Fsp3) is 0.368. The van der Waals surface area contributed by atoms with Gasteiger partial charge in [-0.1, -0.05) is 42.5 Å². The van der Waals surface area contributed by atoms with Gasteiger partial charge in [0.1, 0.15) is 6.04 Å². The zero-order chi connectivity index (χ0) is 17.7. The van der Waals surface area contributed by atoms with Crippen molar-refractivity contribution >= 4 is 22.7 Å². The van der Waals surface area contributed by atoms with E-state index in [1.165, 1.54) is 16.3 Å². The lowest BCUT2D eigenvalue weighted by Crippen LogP contribution is -2.87. The standard InChI is InChI=1S/C19H25N3O2/c1-13(15-11-7-9-14-8-5-6-10-16(14)15)20-12-17(23)21-18(24)22-19(2,3)4/h5-11,13,20H,12H2,1-4H3,(H2,21,22,23,24)/p+1/t13-/m0/s1. The first-order valence-electron chi connectivity index (χ1n) is 8.19. The van der Waals surface area contributed by atoms with E-state index in [1.807, 2.05) is 44.3 Å². The van der Waals surface area contributed by atoms with Gasteiger partial charge >= 0.3 is 6.03 Å². The number of hydrogen-bond donors (Lipinski definition) is 3. The minimum atomic E-state index is -0.460. The molecule has 0 spiro atoms. The smallest absolute Gasteiger partial charge is 0.322 e. The maximum atomic E-state index is 11.9. The highest BCUT2D eigenvalue weighted by atomic mass is 16.2. The van der Waals surface area contributed by atoms with Crippen LogP contribution in [0.15, 0.2) is 42.5 Å². The van der Waals surface area contributed by atoms with Gasteiger partial charge in [-0.15, -0.1) is 0 Å². The molecule has 0 aliphatic carbocycles. The Morgan fingerprint density at radius 2 is 1.75 bits per heavy atom. The van der Waals surface area contributed by atoms with Crippen molar-refractivity contribution in [1.82, 2.24) is 10.6 Å². The Hall–Kier alpha value is -2.40. The number of fused-ring (bicyclic) bond motifs is 1. The molecule has 2 aromatic carbocycles. The predicted molar refractivity (Wildman–Crippen MR) is 95.6 cm³/mol. The van der Waals surface area contributed by atoms with Crippen LogP contribution >= 0.6 is 0 Å². The number of urea groups is 1. The van der Waals surface area contributed by atoms with E-state index < -0.39 is 6.03 Å². The van der Waals surface area contributed by atoms with E-state index in [-0.39, 0.29) is 24.0 Å².